The van der Waals surface area contributed by atoms with Crippen molar-refractivity contribution in [3.8, 4) is 23.6 Å². The number of halogens is 1. The summed E-state index contributed by atoms with van der Waals surface area (Å²) in [6.07, 6.45) is 1.79. The number of benzene rings is 4. The normalized spacial score (nSPS) is 11.0. The van der Waals surface area contributed by atoms with Crippen LogP contribution in [0, 0.1) is 26.2 Å². The third-order valence-corrected chi connectivity index (χ3v) is 6.04. The number of nitrogens with zero attached hydrogens (tertiary/aromatic N) is 2. The van der Waals surface area contributed by atoms with Crippen LogP contribution in [0.1, 0.15) is 22.3 Å². The summed E-state index contributed by atoms with van der Waals surface area (Å²) in [5, 5.41) is 21.2. The number of ether oxygens (including phenoxy) is 2. The number of allylic oxidation sites excluding steroid dienone is 1. The summed E-state index contributed by atoms with van der Waals surface area (Å²) in [6, 6.07) is 29.6. The van der Waals surface area contributed by atoms with Gasteiger partial charge in [0.05, 0.1) is 34.0 Å². The Morgan fingerprint density at radius 2 is 1.76 bits per heavy atom. The predicted octanol–water partition coefficient (Wildman–Crippen LogP) is 6.97. The number of rotatable bonds is 6. The Morgan fingerprint density at radius 3 is 2.55 bits per heavy atom. The SMILES string of the molecule is COc1cc(/C=C(/C#N)c2cccc(C#N)c2)cc(I)c1OCc1cccc2ccccc12. The zero-order chi connectivity index (χ0) is 23.2. The summed E-state index contributed by atoms with van der Waals surface area (Å²) in [6.45, 7) is 0.410. The second-order valence-corrected chi connectivity index (χ2v) is 8.49. The lowest BCUT2D eigenvalue weighted by Gasteiger charge is -2.15. The van der Waals surface area contributed by atoms with Gasteiger partial charge in [-0.3, -0.25) is 0 Å². The van der Waals surface area contributed by atoms with Crippen LogP contribution in [-0.4, -0.2) is 7.11 Å². The van der Waals surface area contributed by atoms with Crippen LogP contribution < -0.4 is 9.47 Å². The van der Waals surface area contributed by atoms with Crippen molar-refractivity contribution in [2.45, 2.75) is 6.61 Å². The fourth-order valence-corrected chi connectivity index (χ4v) is 4.42. The van der Waals surface area contributed by atoms with Crippen LogP contribution in [0.5, 0.6) is 11.5 Å². The maximum absolute atomic E-state index is 9.69. The van der Waals surface area contributed by atoms with E-state index in [2.05, 4.69) is 59.0 Å². The maximum Gasteiger partial charge on any atom is 0.174 e. The van der Waals surface area contributed by atoms with E-state index in [1.54, 1.807) is 31.4 Å². The van der Waals surface area contributed by atoms with Gasteiger partial charge >= 0.3 is 0 Å². The second-order valence-electron chi connectivity index (χ2n) is 7.32. The largest absolute Gasteiger partial charge is 0.493 e. The van der Waals surface area contributed by atoms with E-state index in [1.165, 1.54) is 5.39 Å². The first kappa shape index (κ1) is 22.4. The molecule has 0 fully saturated rings. The van der Waals surface area contributed by atoms with Crippen LogP contribution in [0.2, 0.25) is 0 Å². The van der Waals surface area contributed by atoms with Crippen LogP contribution in [-0.2, 0) is 6.61 Å². The van der Waals surface area contributed by atoms with E-state index in [0.717, 1.165) is 20.1 Å². The molecule has 0 unspecified atom stereocenters. The molecule has 0 radical (unpaired) electrons. The van der Waals surface area contributed by atoms with Crippen molar-refractivity contribution >= 4 is 45.0 Å². The van der Waals surface area contributed by atoms with Crippen molar-refractivity contribution in [3.63, 3.8) is 0 Å². The molecule has 0 saturated heterocycles. The fourth-order valence-electron chi connectivity index (χ4n) is 3.63. The highest BCUT2D eigenvalue weighted by atomic mass is 127. The molecule has 4 aromatic carbocycles. The number of fused-ring (bicyclic) bond motifs is 1. The molecule has 0 heterocycles. The third kappa shape index (κ3) is 5.00. The standard InChI is InChI=1S/C28H19IN2O2/c1-32-27-15-20(13-24(17-31)22-9-4-6-19(12-22)16-30)14-26(29)28(27)33-18-23-10-5-8-21-7-2-3-11-25(21)23/h2-15H,18H2,1H3/b24-13-. The highest BCUT2D eigenvalue weighted by Gasteiger charge is 2.13. The smallest absolute Gasteiger partial charge is 0.174 e. The Labute approximate surface area is 206 Å². The van der Waals surface area contributed by atoms with Crippen molar-refractivity contribution in [2.24, 2.45) is 0 Å². The van der Waals surface area contributed by atoms with Gasteiger partial charge in [-0.05, 0) is 80.4 Å². The van der Waals surface area contributed by atoms with Gasteiger partial charge in [0.15, 0.2) is 11.5 Å². The van der Waals surface area contributed by atoms with E-state index in [-0.39, 0.29) is 0 Å². The van der Waals surface area contributed by atoms with Gasteiger partial charge in [0.1, 0.15) is 6.61 Å². The molecule has 0 amide bonds. The molecule has 0 aliphatic rings. The van der Waals surface area contributed by atoms with E-state index >= 15 is 0 Å². The monoisotopic (exact) mass is 542 g/mol. The Balaban J connectivity index is 1.65. The Hall–Kier alpha value is -3.81. The number of hydrogen-bond acceptors (Lipinski definition) is 4. The summed E-state index contributed by atoms with van der Waals surface area (Å²) in [4.78, 5) is 0. The molecule has 4 aromatic rings. The van der Waals surface area contributed by atoms with Crippen molar-refractivity contribution in [2.75, 3.05) is 7.11 Å². The van der Waals surface area contributed by atoms with Gasteiger partial charge < -0.3 is 9.47 Å². The minimum absolute atomic E-state index is 0.410. The highest BCUT2D eigenvalue weighted by molar-refractivity contribution is 14.1. The van der Waals surface area contributed by atoms with E-state index in [9.17, 15) is 5.26 Å². The molecule has 5 heteroatoms. The molecule has 0 aliphatic heterocycles. The van der Waals surface area contributed by atoms with Crippen molar-refractivity contribution in [1.82, 2.24) is 0 Å². The zero-order valence-electron chi connectivity index (χ0n) is 17.9. The van der Waals surface area contributed by atoms with Crippen molar-refractivity contribution in [1.29, 1.82) is 10.5 Å². The van der Waals surface area contributed by atoms with Gasteiger partial charge in [-0.15, -0.1) is 0 Å². The molecular formula is C28H19IN2O2. The number of hydrogen-bond donors (Lipinski definition) is 0. The number of methoxy groups -OCH3 is 1. The lowest BCUT2D eigenvalue weighted by atomic mass is 10.0. The van der Waals surface area contributed by atoms with Gasteiger partial charge in [-0.2, -0.15) is 10.5 Å². The molecule has 0 N–H and O–H groups in total. The van der Waals surface area contributed by atoms with E-state index < -0.39 is 0 Å². The van der Waals surface area contributed by atoms with Gasteiger partial charge in [0.25, 0.3) is 0 Å². The first-order valence-electron chi connectivity index (χ1n) is 10.2. The first-order valence-corrected chi connectivity index (χ1v) is 11.3. The topological polar surface area (TPSA) is 66.0 Å². The summed E-state index contributed by atoms with van der Waals surface area (Å²) in [7, 11) is 1.60. The molecular weight excluding hydrogens is 523 g/mol. The lowest BCUT2D eigenvalue weighted by molar-refractivity contribution is 0.283. The minimum Gasteiger partial charge on any atom is -0.493 e. The molecule has 0 bridgehead atoms. The quantitative estimate of drug-likeness (QED) is 0.150. The number of nitriles is 2. The fraction of sp³-hybridized carbons (Fsp3) is 0.0714. The van der Waals surface area contributed by atoms with Crippen LogP contribution >= 0.6 is 22.6 Å². The van der Waals surface area contributed by atoms with Gasteiger partial charge in [-0.25, -0.2) is 0 Å². The Kier molecular flexibility index (Phi) is 6.92. The summed E-state index contributed by atoms with van der Waals surface area (Å²) in [5.74, 6) is 1.25. The van der Waals surface area contributed by atoms with E-state index in [4.69, 9.17) is 14.7 Å². The van der Waals surface area contributed by atoms with Crippen LogP contribution in [0.25, 0.3) is 22.4 Å². The average molecular weight is 542 g/mol. The van der Waals surface area contributed by atoms with Crippen LogP contribution in [0.3, 0.4) is 0 Å². The molecule has 33 heavy (non-hydrogen) atoms. The predicted molar refractivity (Wildman–Crippen MR) is 139 cm³/mol. The minimum atomic E-state index is 0.410. The molecule has 0 aliphatic carbocycles. The third-order valence-electron chi connectivity index (χ3n) is 5.24. The highest BCUT2D eigenvalue weighted by Crippen LogP contribution is 2.36. The van der Waals surface area contributed by atoms with Gasteiger partial charge in [0, 0.05) is 0 Å². The van der Waals surface area contributed by atoms with E-state index in [0.29, 0.717) is 34.8 Å². The van der Waals surface area contributed by atoms with Crippen LogP contribution in [0.15, 0.2) is 78.9 Å². The van der Waals surface area contributed by atoms with Crippen LogP contribution in [0.4, 0.5) is 0 Å². The molecule has 0 spiro atoms. The second kappa shape index (κ2) is 10.2. The molecule has 0 saturated carbocycles. The Bertz CT molecular complexity index is 1440. The first-order chi connectivity index (χ1) is 16.1. The molecule has 0 atom stereocenters. The molecule has 0 aromatic heterocycles. The van der Waals surface area contributed by atoms with Gasteiger partial charge in [0.2, 0.25) is 0 Å². The summed E-state index contributed by atoms with van der Waals surface area (Å²) < 4.78 is 12.7. The van der Waals surface area contributed by atoms with E-state index in [1.807, 2.05) is 36.4 Å². The molecule has 4 rings (SSSR count). The van der Waals surface area contributed by atoms with Crippen molar-refractivity contribution < 1.29 is 9.47 Å². The van der Waals surface area contributed by atoms with Crippen molar-refractivity contribution in [3.05, 3.63) is 105 Å². The summed E-state index contributed by atoms with van der Waals surface area (Å²) >= 11 is 2.22. The molecule has 4 nitrogen and oxygen atoms in total. The Morgan fingerprint density at radius 1 is 0.970 bits per heavy atom. The lowest BCUT2D eigenvalue weighted by Crippen LogP contribution is -2.01. The van der Waals surface area contributed by atoms with Gasteiger partial charge in [-0.1, -0.05) is 54.6 Å². The zero-order valence-corrected chi connectivity index (χ0v) is 20.0. The summed E-state index contributed by atoms with van der Waals surface area (Å²) in [5.41, 5.74) is 3.58. The molecule has 160 valence electrons. The maximum atomic E-state index is 9.69. The average Bonchev–Trinajstić information content (AvgIpc) is 2.86.